The Hall–Kier alpha value is -2.19. The highest BCUT2D eigenvalue weighted by molar-refractivity contribution is 7.47. The smallest absolute Gasteiger partial charge is 0.462 e. The third-order valence-corrected chi connectivity index (χ3v) is 9.26. The zero-order valence-electron chi connectivity index (χ0n) is 30.4. The van der Waals surface area contributed by atoms with Crippen LogP contribution in [0.2, 0.25) is 0 Å². The van der Waals surface area contributed by atoms with Gasteiger partial charge in [0.25, 0.3) is 0 Å². The molecule has 0 saturated heterocycles. The van der Waals surface area contributed by atoms with Gasteiger partial charge >= 0.3 is 19.8 Å². The normalized spacial score (nSPS) is 24.5. The molecule has 0 aromatic rings. The lowest BCUT2D eigenvalue weighted by Crippen LogP contribution is -2.64. The first kappa shape index (κ1) is 46.8. The van der Waals surface area contributed by atoms with E-state index < -0.39 is 75.7 Å². The van der Waals surface area contributed by atoms with Crippen molar-refractivity contribution in [2.75, 3.05) is 13.2 Å². The fourth-order valence-corrected chi connectivity index (χ4v) is 6.21. The highest BCUT2D eigenvalue weighted by Crippen LogP contribution is 2.47. The van der Waals surface area contributed by atoms with Crippen molar-refractivity contribution in [1.29, 1.82) is 0 Å². The van der Waals surface area contributed by atoms with Gasteiger partial charge in [0.2, 0.25) is 0 Å². The van der Waals surface area contributed by atoms with Crippen LogP contribution in [-0.2, 0) is 32.7 Å². The molecule has 1 aliphatic rings. The van der Waals surface area contributed by atoms with Gasteiger partial charge < -0.3 is 39.9 Å². The lowest BCUT2D eigenvalue weighted by molar-refractivity contribution is -0.220. The highest BCUT2D eigenvalue weighted by Gasteiger charge is 2.51. The summed E-state index contributed by atoms with van der Waals surface area (Å²) in [7, 11) is -5.12. The number of esters is 2. The van der Waals surface area contributed by atoms with Crippen molar-refractivity contribution in [1.82, 2.24) is 0 Å². The lowest BCUT2D eigenvalue weighted by atomic mass is 9.85. The fourth-order valence-electron chi connectivity index (χ4n) is 5.24. The number of phosphoric ester groups is 1. The van der Waals surface area contributed by atoms with Crippen molar-refractivity contribution >= 4 is 19.8 Å². The number of hydrogen-bond donors (Lipinski definition) is 6. The lowest BCUT2D eigenvalue weighted by Gasteiger charge is -2.41. The largest absolute Gasteiger partial charge is 0.472 e. The molecule has 6 N–H and O–H groups in total. The standard InChI is InChI=1S/C37H63O13P/c1-3-5-7-9-11-13-14-15-16-18-20-22-24-26-31(39)49-29(27-47-30(38)25-23-21-19-17-12-10-8-6-4-2)28-48-51(45,46)50-37-35(43)33(41)32(40)34(42)36(37)44/h5,7,9,11,13-16,29,32-37,40-44H,3-4,6,8,10,12,17-28H2,1-2H3,(H,45,46)/b7-5+,11-9+,14-13+,16-15+/t29?,32?,33-,34?,35?,36?,37?/m1/s1. The Kier molecular flexibility index (Phi) is 26.0. The molecule has 13 nitrogen and oxygen atoms in total. The number of ether oxygens (including phenoxy) is 2. The zero-order chi connectivity index (χ0) is 37.9. The number of aliphatic hydroxyl groups is 5. The maximum Gasteiger partial charge on any atom is 0.472 e. The molecular weight excluding hydrogens is 683 g/mol. The molecule has 0 aromatic carbocycles. The van der Waals surface area contributed by atoms with E-state index in [1.54, 1.807) is 0 Å². The van der Waals surface area contributed by atoms with Crippen LogP contribution in [0.15, 0.2) is 48.6 Å². The monoisotopic (exact) mass is 746 g/mol. The van der Waals surface area contributed by atoms with Gasteiger partial charge in [0, 0.05) is 12.8 Å². The summed E-state index contributed by atoms with van der Waals surface area (Å²) in [5.74, 6) is -1.15. The van der Waals surface area contributed by atoms with Crippen molar-refractivity contribution < 1.29 is 63.1 Å². The molecule has 1 aliphatic carbocycles. The Morgan fingerprint density at radius 1 is 0.627 bits per heavy atom. The maximum atomic E-state index is 12.7. The summed E-state index contributed by atoms with van der Waals surface area (Å²) < 4.78 is 33.2. The number of carbonyl (C=O) groups excluding carboxylic acids is 2. The van der Waals surface area contributed by atoms with Crippen LogP contribution in [-0.4, -0.2) is 98.3 Å². The molecule has 0 aliphatic heterocycles. The molecule has 0 radical (unpaired) electrons. The molecule has 7 unspecified atom stereocenters. The minimum absolute atomic E-state index is 0.0500. The van der Waals surface area contributed by atoms with E-state index in [4.69, 9.17) is 18.5 Å². The molecule has 294 valence electrons. The molecule has 14 heteroatoms. The second kappa shape index (κ2) is 28.3. The minimum Gasteiger partial charge on any atom is -0.462 e. The first-order valence-corrected chi connectivity index (χ1v) is 20.0. The number of carbonyl (C=O) groups is 2. The SMILES string of the molecule is CC/C=C/C=C/C=C/C=C/CCCCCC(=O)OC(COC(=O)CCCCCCCCCCC)COP(=O)(O)OC1C(O)C(O)C(O)[C@@H](O)C1O. The number of rotatable bonds is 28. The first-order chi connectivity index (χ1) is 24.4. The van der Waals surface area contributed by atoms with E-state index in [-0.39, 0.29) is 12.8 Å². The molecular formula is C37H63O13P. The van der Waals surface area contributed by atoms with Crippen molar-refractivity contribution in [3.8, 4) is 0 Å². The highest BCUT2D eigenvalue weighted by atomic mass is 31.2. The molecule has 0 spiro atoms. The number of unbranched alkanes of at least 4 members (excludes halogenated alkanes) is 11. The van der Waals surface area contributed by atoms with E-state index >= 15 is 0 Å². The van der Waals surface area contributed by atoms with Gasteiger partial charge in [-0.05, 0) is 32.1 Å². The Labute approximate surface area is 303 Å². The summed E-state index contributed by atoms with van der Waals surface area (Å²) >= 11 is 0. The van der Waals surface area contributed by atoms with Crippen molar-refractivity contribution in [2.24, 2.45) is 0 Å². The molecule has 8 atom stereocenters. The summed E-state index contributed by atoms with van der Waals surface area (Å²) in [4.78, 5) is 35.3. The van der Waals surface area contributed by atoms with Crippen LogP contribution in [0.5, 0.6) is 0 Å². The summed E-state index contributed by atoms with van der Waals surface area (Å²) in [6, 6.07) is 0. The van der Waals surface area contributed by atoms with E-state index in [1.165, 1.54) is 32.1 Å². The van der Waals surface area contributed by atoms with Gasteiger partial charge in [0.1, 0.15) is 43.2 Å². The summed E-state index contributed by atoms with van der Waals surface area (Å²) in [5.41, 5.74) is 0. The molecule has 1 rings (SSSR count). The van der Waals surface area contributed by atoms with Gasteiger partial charge in [-0.25, -0.2) is 4.57 Å². The van der Waals surface area contributed by atoms with Gasteiger partial charge in [-0.3, -0.25) is 18.6 Å². The van der Waals surface area contributed by atoms with Crippen LogP contribution in [0.3, 0.4) is 0 Å². The molecule has 0 heterocycles. The van der Waals surface area contributed by atoms with Crippen molar-refractivity contribution in [3.05, 3.63) is 48.6 Å². The average Bonchev–Trinajstić information content (AvgIpc) is 3.10. The molecule has 1 fully saturated rings. The van der Waals surface area contributed by atoms with Gasteiger partial charge in [0.05, 0.1) is 6.61 Å². The number of allylic oxidation sites excluding steroid dienone is 8. The second-order valence-corrected chi connectivity index (χ2v) is 14.2. The maximum absolute atomic E-state index is 12.7. The van der Waals surface area contributed by atoms with Crippen LogP contribution >= 0.6 is 7.82 Å². The quantitative estimate of drug-likeness (QED) is 0.0261. The molecule has 1 saturated carbocycles. The van der Waals surface area contributed by atoms with Crippen molar-refractivity contribution in [2.45, 2.75) is 159 Å². The third-order valence-electron chi connectivity index (χ3n) is 8.28. The molecule has 0 amide bonds. The van der Waals surface area contributed by atoms with Crippen LogP contribution in [0.1, 0.15) is 117 Å². The third kappa shape index (κ3) is 21.8. The fraction of sp³-hybridized carbons (Fsp3) is 0.730. The average molecular weight is 747 g/mol. The van der Waals surface area contributed by atoms with Crippen LogP contribution in [0.25, 0.3) is 0 Å². The summed E-state index contributed by atoms with van der Waals surface area (Å²) in [6.07, 6.45) is 16.4. The van der Waals surface area contributed by atoms with Crippen molar-refractivity contribution in [3.63, 3.8) is 0 Å². The Balaban J connectivity index is 2.61. The van der Waals surface area contributed by atoms with Gasteiger partial charge in [0.15, 0.2) is 6.10 Å². The van der Waals surface area contributed by atoms with E-state index in [1.807, 2.05) is 42.5 Å². The summed E-state index contributed by atoms with van der Waals surface area (Å²) in [6.45, 7) is 3.04. The van der Waals surface area contributed by atoms with Crippen LogP contribution in [0.4, 0.5) is 0 Å². The predicted octanol–water partition coefficient (Wildman–Crippen LogP) is 5.27. The van der Waals surface area contributed by atoms with Gasteiger partial charge in [-0.15, -0.1) is 0 Å². The Bertz CT molecular complexity index is 1090. The number of aliphatic hydroxyl groups excluding tert-OH is 5. The molecule has 0 bridgehead atoms. The Morgan fingerprint density at radius 3 is 1.71 bits per heavy atom. The first-order valence-electron chi connectivity index (χ1n) is 18.5. The molecule has 0 aromatic heterocycles. The van der Waals surface area contributed by atoms with Crippen LogP contribution < -0.4 is 0 Å². The second-order valence-electron chi connectivity index (χ2n) is 12.8. The Morgan fingerprint density at radius 2 is 1.12 bits per heavy atom. The summed E-state index contributed by atoms with van der Waals surface area (Å²) in [5, 5.41) is 49.8. The van der Waals surface area contributed by atoms with E-state index in [9.17, 15) is 44.6 Å². The van der Waals surface area contributed by atoms with Crippen LogP contribution in [0, 0.1) is 0 Å². The number of phosphoric acid groups is 1. The molecule has 51 heavy (non-hydrogen) atoms. The predicted molar refractivity (Wildman–Crippen MR) is 193 cm³/mol. The zero-order valence-corrected chi connectivity index (χ0v) is 31.3. The van der Waals surface area contributed by atoms with Gasteiger partial charge in [-0.1, -0.05) is 120 Å². The van der Waals surface area contributed by atoms with E-state index in [0.717, 1.165) is 44.9 Å². The topological polar surface area (TPSA) is 210 Å². The van der Waals surface area contributed by atoms with E-state index in [0.29, 0.717) is 12.8 Å². The minimum atomic E-state index is -5.12. The number of hydrogen-bond acceptors (Lipinski definition) is 12. The van der Waals surface area contributed by atoms with Gasteiger partial charge in [-0.2, -0.15) is 0 Å². The van der Waals surface area contributed by atoms with E-state index in [2.05, 4.69) is 19.9 Å².